The highest BCUT2D eigenvalue weighted by Gasteiger charge is 2.33. The molecule has 0 radical (unpaired) electrons. The molecule has 0 bridgehead atoms. The third-order valence-electron chi connectivity index (χ3n) is 5.27. The number of amides is 1. The van der Waals surface area contributed by atoms with Crippen LogP contribution in [-0.4, -0.2) is 30.9 Å². The molecular weight excluding hydrogens is 438 g/mol. The predicted octanol–water partition coefficient (Wildman–Crippen LogP) is 4.44. The number of rotatable bonds is 3. The summed E-state index contributed by atoms with van der Waals surface area (Å²) in [5.74, 6) is -1.79. The molecule has 2 aromatic carbocycles. The number of carbonyl (C=O) groups is 1. The van der Waals surface area contributed by atoms with E-state index in [9.17, 15) is 13.6 Å². The van der Waals surface area contributed by atoms with E-state index in [0.717, 1.165) is 11.6 Å². The number of hydrogen-bond donors (Lipinski definition) is 1. The Bertz CT molecular complexity index is 1340. The average Bonchev–Trinajstić information content (AvgIpc) is 3.09. The smallest absolute Gasteiger partial charge is 0.272 e. The molecule has 32 heavy (non-hydrogen) atoms. The number of anilines is 1. The van der Waals surface area contributed by atoms with Gasteiger partial charge < -0.3 is 5.32 Å². The molecule has 1 unspecified atom stereocenters. The minimum absolute atomic E-state index is 0.0341. The summed E-state index contributed by atoms with van der Waals surface area (Å²) < 4.78 is 29.1. The summed E-state index contributed by atoms with van der Waals surface area (Å²) in [5.41, 5.74) is 2.90. The number of carbonyl (C=O) groups excluding carboxylic acids is 1. The quantitative estimate of drug-likeness (QED) is 0.496. The second kappa shape index (κ2) is 7.76. The van der Waals surface area contributed by atoms with E-state index in [1.807, 2.05) is 0 Å². The van der Waals surface area contributed by atoms with Crippen LogP contribution in [0.2, 0.25) is 5.02 Å². The largest absolute Gasteiger partial charge is 0.310 e. The predicted molar refractivity (Wildman–Crippen MR) is 114 cm³/mol. The van der Waals surface area contributed by atoms with Gasteiger partial charge in [0.1, 0.15) is 17.5 Å². The number of hydrogen-bond acceptors (Lipinski definition) is 5. The van der Waals surface area contributed by atoms with Crippen LogP contribution in [0.4, 0.5) is 14.6 Å². The Kier molecular flexibility index (Phi) is 4.90. The molecule has 0 fully saturated rings. The fourth-order valence-corrected chi connectivity index (χ4v) is 4.02. The molecular formula is C22H15ClF2N6O. The zero-order chi connectivity index (χ0) is 22.4. The first-order chi connectivity index (χ1) is 15.4. The Morgan fingerprint density at radius 1 is 1.12 bits per heavy atom. The molecule has 1 atom stereocenters. The van der Waals surface area contributed by atoms with Crippen molar-refractivity contribution >= 4 is 23.3 Å². The lowest BCUT2D eigenvalue weighted by atomic mass is 9.85. The van der Waals surface area contributed by atoms with Crippen molar-refractivity contribution in [1.82, 2.24) is 25.0 Å². The van der Waals surface area contributed by atoms with Gasteiger partial charge >= 0.3 is 0 Å². The van der Waals surface area contributed by atoms with E-state index < -0.39 is 17.6 Å². The maximum atomic E-state index is 13.9. The van der Waals surface area contributed by atoms with Gasteiger partial charge in [-0.3, -0.25) is 4.79 Å². The summed E-state index contributed by atoms with van der Waals surface area (Å²) in [7, 11) is 0. The van der Waals surface area contributed by atoms with E-state index in [4.69, 9.17) is 11.6 Å². The van der Waals surface area contributed by atoms with Crippen LogP contribution < -0.4 is 5.32 Å². The highest BCUT2D eigenvalue weighted by Crippen LogP contribution is 2.40. The third-order valence-corrected chi connectivity index (χ3v) is 5.52. The first kappa shape index (κ1) is 20.2. The summed E-state index contributed by atoms with van der Waals surface area (Å²) in [6.07, 6.45) is 1.54. The van der Waals surface area contributed by atoms with Gasteiger partial charge in [-0.15, -0.1) is 5.10 Å². The van der Waals surface area contributed by atoms with E-state index in [1.165, 1.54) is 23.0 Å². The number of nitrogens with one attached hydrogen (secondary N) is 1. The molecule has 5 rings (SSSR count). The summed E-state index contributed by atoms with van der Waals surface area (Å²) >= 11 is 5.96. The molecule has 1 N–H and O–H groups in total. The van der Waals surface area contributed by atoms with Crippen LogP contribution in [0.3, 0.4) is 0 Å². The van der Waals surface area contributed by atoms with E-state index in [0.29, 0.717) is 33.4 Å². The van der Waals surface area contributed by atoms with Crippen molar-refractivity contribution in [2.24, 2.45) is 0 Å². The zero-order valence-electron chi connectivity index (χ0n) is 16.7. The van der Waals surface area contributed by atoms with Gasteiger partial charge in [-0.2, -0.15) is 14.9 Å². The Hall–Kier alpha value is -3.72. The van der Waals surface area contributed by atoms with Crippen LogP contribution in [0.1, 0.15) is 29.2 Å². The van der Waals surface area contributed by atoms with Crippen molar-refractivity contribution in [2.75, 3.05) is 5.32 Å². The van der Waals surface area contributed by atoms with Gasteiger partial charge in [0.2, 0.25) is 5.91 Å². The molecule has 160 valence electrons. The fourth-order valence-electron chi connectivity index (χ4n) is 3.90. The molecule has 3 heterocycles. The summed E-state index contributed by atoms with van der Waals surface area (Å²) in [4.78, 5) is 17.0. The zero-order valence-corrected chi connectivity index (χ0v) is 17.4. The minimum Gasteiger partial charge on any atom is -0.310 e. The Labute approximate surface area is 186 Å². The van der Waals surface area contributed by atoms with Crippen LogP contribution in [0.25, 0.3) is 17.2 Å². The summed E-state index contributed by atoms with van der Waals surface area (Å²) in [5, 5.41) is 16.0. The van der Waals surface area contributed by atoms with E-state index in [1.54, 1.807) is 31.2 Å². The fraction of sp³-hybridized carbons (Fsp3) is 0.136. The molecule has 4 aromatic rings. The van der Waals surface area contributed by atoms with Crippen molar-refractivity contribution < 1.29 is 13.6 Å². The van der Waals surface area contributed by atoms with Crippen molar-refractivity contribution in [2.45, 2.75) is 19.3 Å². The Morgan fingerprint density at radius 3 is 2.56 bits per heavy atom. The third kappa shape index (κ3) is 3.60. The molecule has 1 amide bonds. The molecule has 0 saturated carbocycles. The van der Waals surface area contributed by atoms with E-state index >= 15 is 0 Å². The van der Waals surface area contributed by atoms with Crippen LogP contribution >= 0.6 is 11.6 Å². The van der Waals surface area contributed by atoms with Gasteiger partial charge in [-0.25, -0.2) is 13.8 Å². The molecule has 1 aliphatic rings. The highest BCUT2D eigenvalue weighted by molar-refractivity contribution is 6.30. The monoisotopic (exact) mass is 452 g/mol. The Balaban J connectivity index is 1.62. The lowest BCUT2D eigenvalue weighted by molar-refractivity contribution is -0.116. The van der Waals surface area contributed by atoms with Crippen LogP contribution in [0.15, 0.2) is 48.7 Å². The lowest BCUT2D eigenvalue weighted by Crippen LogP contribution is -2.25. The number of benzene rings is 2. The van der Waals surface area contributed by atoms with Gasteiger partial charge in [0.25, 0.3) is 5.95 Å². The molecule has 7 nitrogen and oxygen atoms in total. The van der Waals surface area contributed by atoms with Crippen LogP contribution in [0, 0.1) is 18.6 Å². The molecule has 10 heteroatoms. The lowest BCUT2D eigenvalue weighted by Gasteiger charge is -2.24. The van der Waals surface area contributed by atoms with E-state index in [-0.39, 0.29) is 18.3 Å². The number of halogens is 3. The number of fused-ring (bicyclic) bond motifs is 1. The number of nitrogens with zero attached hydrogens (tertiary/aromatic N) is 5. The highest BCUT2D eigenvalue weighted by atomic mass is 35.5. The first-order valence-electron chi connectivity index (χ1n) is 9.70. The molecule has 0 aliphatic carbocycles. The molecule has 2 aromatic heterocycles. The molecule has 1 aliphatic heterocycles. The van der Waals surface area contributed by atoms with Crippen molar-refractivity contribution in [1.29, 1.82) is 0 Å². The van der Waals surface area contributed by atoms with Crippen molar-refractivity contribution in [3.05, 3.63) is 82.1 Å². The average molecular weight is 453 g/mol. The summed E-state index contributed by atoms with van der Waals surface area (Å²) in [6.45, 7) is 1.76. The summed E-state index contributed by atoms with van der Waals surface area (Å²) in [6, 6.07) is 10.3. The number of aromatic nitrogens is 5. The van der Waals surface area contributed by atoms with Gasteiger partial charge in [0, 0.05) is 34.6 Å². The normalized spacial score (nSPS) is 15.4. The molecule has 0 saturated heterocycles. The van der Waals surface area contributed by atoms with Crippen LogP contribution in [0.5, 0.6) is 0 Å². The maximum absolute atomic E-state index is 13.9. The second-order valence-corrected chi connectivity index (χ2v) is 7.85. The Morgan fingerprint density at radius 2 is 1.84 bits per heavy atom. The second-order valence-electron chi connectivity index (χ2n) is 7.42. The first-order valence-corrected chi connectivity index (χ1v) is 10.1. The van der Waals surface area contributed by atoms with Crippen LogP contribution in [-0.2, 0) is 4.79 Å². The van der Waals surface area contributed by atoms with Gasteiger partial charge in [-0.05, 0) is 36.8 Å². The van der Waals surface area contributed by atoms with Crippen molar-refractivity contribution in [3.8, 4) is 17.2 Å². The SMILES string of the molecule is Cc1nn(-c2nncc(-c3ccc(Cl)cc3)n2)c2c1C(c1cc(F)cc(F)c1)CC(=O)N2. The number of aryl methyl sites for hydroxylation is 1. The van der Waals surface area contributed by atoms with E-state index in [2.05, 4.69) is 25.6 Å². The topological polar surface area (TPSA) is 85.6 Å². The standard InChI is InChI=1S/C22H15ClF2N6O/c1-11-20-17(13-6-15(24)8-16(25)7-13)9-19(32)28-21(20)31(30-11)22-27-18(10-26-29-22)12-2-4-14(23)5-3-12/h2-8,10,17H,9H2,1H3,(H,28,32). The maximum Gasteiger partial charge on any atom is 0.272 e. The van der Waals surface area contributed by atoms with Gasteiger partial charge in [-0.1, -0.05) is 23.7 Å². The van der Waals surface area contributed by atoms with Gasteiger partial charge in [0.05, 0.1) is 17.6 Å². The van der Waals surface area contributed by atoms with Gasteiger partial charge in [0.15, 0.2) is 0 Å². The minimum atomic E-state index is -0.708. The van der Waals surface area contributed by atoms with Crippen molar-refractivity contribution in [3.63, 3.8) is 0 Å². The molecule has 0 spiro atoms.